The second kappa shape index (κ2) is 6.20. The first-order chi connectivity index (χ1) is 8.08. The van der Waals surface area contributed by atoms with E-state index < -0.39 is 5.97 Å². The molecular formula is C12H18N2O3. The highest BCUT2D eigenvalue weighted by atomic mass is 16.5. The van der Waals surface area contributed by atoms with Gasteiger partial charge in [0.2, 0.25) is 0 Å². The lowest BCUT2D eigenvalue weighted by Crippen LogP contribution is -2.25. The molecule has 17 heavy (non-hydrogen) atoms. The second-order valence-electron chi connectivity index (χ2n) is 3.86. The number of hydrogen-bond acceptors (Lipinski definition) is 4. The monoisotopic (exact) mass is 238 g/mol. The van der Waals surface area contributed by atoms with Crippen LogP contribution in [0, 0.1) is 6.92 Å². The van der Waals surface area contributed by atoms with Crippen molar-refractivity contribution >= 4 is 11.8 Å². The van der Waals surface area contributed by atoms with Crippen molar-refractivity contribution in [3.63, 3.8) is 0 Å². The summed E-state index contributed by atoms with van der Waals surface area (Å²) < 4.78 is 5.06. The standard InChI is InChI=1S/C12H18N2O3/c1-4-9(7-17-3)14-11-10(12(15)16)6-5-8(2)13-11/h5-6,9H,4,7H2,1-3H3,(H,13,14)(H,15,16). The topological polar surface area (TPSA) is 71.5 Å². The van der Waals surface area contributed by atoms with Crippen LogP contribution in [0.1, 0.15) is 29.4 Å². The molecule has 0 radical (unpaired) electrons. The zero-order valence-electron chi connectivity index (χ0n) is 10.4. The summed E-state index contributed by atoms with van der Waals surface area (Å²) in [6.45, 7) is 4.35. The number of anilines is 1. The van der Waals surface area contributed by atoms with Crippen LogP contribution < -0.4 is 5.32 Å². The van der Waals surface area contributed by atoms with E-state index in [1.165, 1.54) is 0 Å². The fourth-order valence-electron chi connectivity index (χ4n) is 1.50. The molecule has 1 aromatic rings. The summed E-state index contributed by atoms with van der Waals surface area (Å²) in [5, 5.41) is 12.2. The van der Waals surface area contributed by atoms with Crippen LogP contribution in [0.15, 0.2) is 12.1 Å². The number of aromatic carboxylic acids is 1. The summed E-state index contributed by atoms with van der Waals surface area (Å²) in [5.74, 6) is -0.575. The van der Waals surface area contributed by atoms with Gasteiger partial charge in [0.15, 0.2) is 0 Å². The van der Waals surface area contributed by atoms with Crippen molar-refractivity contribution in [1.29, 1.82) is 0 Å². The van der Waals surface area contributed by atoms with E-state index in [-0.39, 0.29) is 11.6 Å². The van der Waals surface area contributed by atoms with Gasteiger partial charge in [-0.1, -0.05) is 6.92 Å². The number of aryl methyl sites for hydroxylation is 1. The minimum Gasteiger partial charge on any atom is -0.478 e. The summed E-state index contributed by atoms with van der Waals surface area (Å²) >= 11 is 0. The second-order valence-corrected chi connectivity index (χ2v) is 3.86. The van der Waals surface area contributed by atoms with Gasteiger partial charge in [-0.15, -0.1) is 0 Å². The van der Waals surface area contributed by atoms with Gasteiger partial charge in [-0.05, 0) is 25.5 Å². The zero-order valence-corrected chi connectivity index (χ0v) is 10.4. The Morgan fingerprint density at radius 1 is 1.59 bits per heavy atom. The maximum absolute atomic E-state index is 11.0. The highest BCUT2D eigenvalue weighted by Gasteiger charge is 2.14. The Morgan fingerprint density at radius 3 is 2.82 bits per heavy atom. The number of aromatic nitrogens is 1. The molecule has 0 aromatic carbocycles. The van der Waals surface area contributed by atoms with Crippen LogP contribution in [0.4, 0.5) is 5.82 Å². The maximum Gasteiger partial charge on any atom is 0.339 e. The van der Waals surface area contributed by atoms with E-state index in [9.17, 15) is 4.79 Å². The molecule has 0 aliphatic heterocycles. The molecule has 0 saturated carbocycles. The van der Waals surface area contributed by atoms with Gasteiger partial charge in [-0.3, -0.25) is 0 Å². The van der Waals surface area contributed by atoms with Crippen molar-refractivity contribution in [3.8, 4) is 0 Å². The van der Waals surface area contributed by atoms with E-state index >= 15 is 0 Å². The summed E-state index contributed by atoms with van der Waals surface area (Å²) in [5.41, 5.74) is 0.968. The molecule has 0 aliphatic rings. The third-order valence-electron chi connectivity index (χ3n) is 2.47. The van der Waals surface area contributed by atoms with Crippen molar-refractivity contribution in [1.82, 2.24) is 4.98 Å². The molecule has 0 fully saturated rings. The minimum absolute atomic E-state index is 0.0624. The largest absolute Gasteiger partial charge is 0.478 e. The number of hydrogen-bond donors (Lipinski definition) is 2. The lowest BCUT2D eigenvalue weighted by molar-refractivity contribution is 0.0697. The lowest BCUT2D eigenvalue weighted by Gasteiger charge is -2.18. The lowest BCUT2D eigenvalue weighted by atomic mass is 10.2. The van der Waals surface area contributed by atoms with E-state index in [4.69, 9.17) is 9.84 Å². The molecular weight excluding hydrogens is 220 g/mol. The summed E-state index contributed by atoms with van der Waals surface area (Å²) in [7, 11) is 1.62. The highest BCUT2D eigenvalue weighted by Crippen LogP contribution is 2.15. The first-order valence-corrected chi connectivity index (χ1v) is 5.54. The molecule has 2 N–H and O–H groups in total. The van der Waals surface area contributed by atoms with Gasteiger partial charge in [-0.25, -0.2) is 9.78 Å². The quantitative estimate of drug-likeness (QED) is 0.792. The number of carbonyl (C=O) groups is 1. The first kappa shape index (κ1) is 13.4. The minimum atomic E-state index is -0.979. The maximum atomic E-state index is 11.0. The number of methoxy groups -OCH3 is 1. The Hall–Kier alpha value is -1.62. The van der Waals surface area contributed by atoms with Gasteiger partial charge in [0.25, 0.3) is 0 Å². The molecule has 1 rings (SSSR count). The molecule has 0 aliphatic carbocycles. The number of nitrogens with zero attached hydrogens (tertiary/aromatic N) is 1. The van der Waals surface area contributed by atoms with Crippen molar-refractivity contribution in [3.05, 3.63) is 23.4 Å². The van der Waals surface area contributed by atoms with Crippen LogP contribution in [0.2, 0.25) is 0 Å². The van der Waals surface area contributed by atoms with Crippen LogP contribution >= 0.6 is 0 Å². The molecule has 0 saturated heterocycles. The van der Waals surface area contributed by atoms with Gasteiger partial charge in [-0.2, -0.15) is 0 Å². The molecule has 94 valence electrons. The van der Waals surface area contributed by atoms with Gasteiger partial charge < -0.3 is 15.2 Å². The van der Waals surface area contributed by atoms with Gasteiger partial charge >= 0.3 is 5.97 Å². The van der Waals surface area contributed by atoms with Crippen molar-refractivity contribution in [2.24, 2.45) is 0 Å². The first-order valence-electron chi connectivity index (χ1n) is 5.54. The molecule has 0 bridgehead atoms. The average Bonchev–Trinajstić information content (AvgIpc) is 2.28. The highest BCUT2D eigenvalue weighted by molar-refractivity contribution is 5.93. The molecule has 5 heteroatoms. The zero-order chi connectivity index (χ0) is 12.8. The van der Waals surface area contributed by atoms with Crippen LogP contribution in [0.3, 0.4) is 0 Å². The molecule has 1 unspecified atom stereocenters. The van der Waals surface area contributed by atoms with Crippen LogP contribution in [0.5, 0.6) is 0 Å². The molecule has 1 atom stereocenters. The normalized spacial score (nSPS) is 12.2. The Morgan fingerprint density at radius 2 is 2.29 bits per heavy atom. The van der Waals surface area contributed by atoms with Gasteiger partial charge in [0.05, 0.1) is 12.6 Å². The SMILES string of the molecule is CCC(COC)Nc1nc(C)ccc1C(=O)O. The predicted molar refractivity (Wildman–Crippen MR) is 65.5 cm³/mol. The van der Waals surface area contributed by atoms with Gasteiger partial charge in [0, 0.05) is 12.8 Å². The Kier molecular flexibility index (Phi) is 4.90. The molecule has 5 nitrogen and oxygen atoms in total. The van der Waals surface area contributed by atoms with E-state index in [0.717, 1.165) is 12.1 Å². The fourth-order valence-corrected chi connectivity index (χ4v) is 1.50. The molecule has 1 aromatic heterocycles. The number of nitrogens with one attached hydrogen (secondary N) is 1. The van der Waals surface area contributed by atoms with E-state index in [1.807, 2.05) is 13.8 Å². The van der Waals surface area contributed by atoms with E-state index in [0.29, 0.717) is 12.4 Å². The third kappa shape index (κ3) is 3.71. The van der Waals surface area contributed by atoms with E-state index in [2.05, 4.69) is 10.3 Å². The molecule has 0 amide bonds. The number of pyridine rings is 1. The molecule has 1 heterocycles. The summed E-state index contributed by atoms with van der Waals surface area (Å²) in [6, 6.07) is 3.31. The molecule has 0 spiro atoms. The third-order valence-corrected chi connectivity index (χ3v) is 2.47. The number of ether oxygens (including phenoxy) is 1. The van der Waals surface area contributed by atoms with Crippen molar-refractivity contribution in [2.45, 2.75) is 26.3 Å². The average molecular weight is 238 g/mol. The van der Waals surface area contributed by atoms with Crippen molar-refractivity contribution < 1.29 is 14.6 Å². The smallest absolute Gasteiger partial charge is 0.339 e. The number of carboxylic acid groups (broad SMARTS) is 1. The number of rotatable bonds is 6. The fraction of sp³-hybridized carbons (Fsp3) is 0.500. The summed E-state index contributed by atoms with van der Waals surface area (Å²) in [4.78, 5) is 15.3. The van der Waals surface area contributed by atoms with Crippen LogP contribution in [0.25, 0.3) is 0 Å². The van der Waals surface area contributed by atoms with Crippen LogP contribution in [-0.2, 0) is 4.74 Å². The Labute approximate surface area is 101 Å². The predicted octanol–water partition coefficient (Wildman–Crippen LogP) is 1.93. The van der Waals surface area contributed by atoms with E-state index in [1.54, 1.807) is 19.2 Å². The van der Waals surface area contributed by atoms with Crippen molar-refractivity contribution in [2.75, 3.05) is 19.0 Å². The van der Waals surface area contributed by atoms with Gasteiger partial charge in [0.1, 0.15) is 11.4 Å². The number of carboxylic acids is 1. The Balaban J connectivity index is 2.94. The Bertz CT molecular complexity index is 393. The van der Waals surface area contributed by atoms with Crippen LogP contribution in [-0.4, -0.2) is 35.8 Å². The summed E-state index contributed by atoms with van der Waals surface area (Å²) in [6.07, 6.45) is 0.836.